The Hall–Kier alpha value is -0.250. The predicted octanol–water partition coefficient (Wildman–Crippen LogP) is 3.49. The van der Waals surface area contributed by atoms with E-state index in [1.165, 1.54) is 13.2 Å². The lowest BCUT2D eigenvalue weighted by atomic mass is 10.2. The number of carbonyl (C=O) groups is 1. The Balaban J connectivity index is 3.38. The number of methoxy groups -OCH3 is 1. The molecule has 0 amide bonds. The molecular weight excluding hydrogens is 279 g/mol. The summed E-state index contributed by atoms with van der Waals surface area (Å²) in [4.78, 5) is 10.9. The molecule has 0 saturated heterocycles. The van der Waals surface area contributed by atoms with Gasteiger partial charge in [-0.15, -0.1) is 0 Å². The molecule has 70 valence electrons. The molecule has 0 N–H and O–H groups in total. The van der Waals surface area contributed by atoms with Gasteiger partial charge in [0.05, 0.1) is 17.1 Å². The lowest BCUT2D eigenvalue weighted by molar-refractivity contribution is 0.107. The van der Waals surface area contributed by atoms with Crippen LogP contribution in [0, 0.1) is 0 Å². The number of benzene rings is 1. The van der Waals surface area contributed by atoms with Crippen molar-refractivity contribution in [3.63, 3.8) is 0 Å². The fraction of sp³-hybridized carbons (Fsp3) is 0.125. The molecule has 2 nitrogen and oxygen atoms in total. The quantitative estimate of drug-likeness (QED) is 0.777. The van der Waals surface area contributed by atoms with Crippen LogP contribution in [0.3, 0.4) is 0 Å². The second-order valence-corrected chi connectivity index (χ2v) is 3.88. The first-order valence-electron chi connectivity index (χ1n) is 3.29. The fourth-order valence-corrected chi connectivity index (χ4v) is 2.03. The second-order valence-electron chi connectivity index (χ2n) is 2.24. The van der Waals surface area contributed by atoms with Crippen LogP contribution in [-0.2, 0) is 0 Å². The van der Waals surface area contributed by atoms with Crippen LogP contribution in [-0.4, -0.2) is 12.4 Å². The van der Waals surface area contributed by atoms with Crippen molar-refractivity contribution in [2.75, 3.05) is 7.11 Å². The largest absolute Gasteiger partial charge is 0.495 e. The topological polar surface area (TPSA) is 26.3 Å². The molecule has 1 rings (SSSR count). The highest BCUT2D eigenvalue weighted by Crippen LogP contribution is 2.33. The van der Waals surface area contributed by atoms with Gasteiger partial charge in [0.15, 0.2) is 0 Å². The molecule has 0 spiro atoms. The third-order valence-corrected chi connectivity index (χ3v) is 2.44. The van der Waals surface area contributed by atoms with Crippen molar-refractivity contribution in [3.8, 4) is 5.75 Å². The lowest BCUT2D eigenvalue weighted by Crippen LogP contribution is -1.96. The minimum absolute atomic E-state index is 0.253. The standard InChI is InChI=1S/C8H5BrCl2O2/c1-13-7-5(8(11)12)2-4(10)3-6(7)9/h2-3H,1H3. The van der Waals surface area contributed by atoms with Crippen molar-refractivity contribution in [2.24, 2.45) is 0 Å². The summed E-state index contributed by atoms with van der Waals surface area (Å²) in [5.74, 6) is 0.393. The molecule has 0 heterocycles. The van der Waals surface area contributed by atoms with E-state index in [0.717, 1.165) is 0 Å². The highest BCUT2D eigenvalue weighted by atomic mass is 79.9. The van der Waals surface area contributed by atoms with Gasteiger partial charge in [0.25, 0.3) is 5.24 Å². The van der Waals surface area contributed by atoms with Crippen molar-refractivity contribution < 1.29 is 9.53 Å². The Bertz CT molecular complexity index is 352. The van der Waals surface area contributed by atoms with Crippen LogP contribution in [0.2, 0.25) is 5.02 Å². The number of halogens is 3. The van der Waals surface area contributed by atoms with Gasteiger partial charge in [0, 0.05) is 5.02 Å². The number of rotatable bonds is 2. The maximum Gasteiger partial charge on any atom is 0.256 e. The number of hydrogen-bond acceptors (Lipinski definition) is 2. The number of carbonyl (C=O) groups excluding carboxylic acids is 1. The van der Waals surface area contributed by atoms with Crippen molar-refractivity contribution in [2.45, 2.75) is 0 Å². The van der Waals surface area contributed by atoms with Gasteiger partial charge in [0.1, 0.15) is 5.75 Å². The molecule has 13 heavy (non-hydrogen) atoms. The summed E-state index contributed by atoms with van der Waals surface area (Å²) in [6.45, 7) is 0. The maximum absolute atomic E-state index is 10.9. The monoisotopic (exact) mass is 282 g/mol. The summed E-state index contributed by atoms with van der Waals surface area (Å²) < 4.78 is 5.58. The van der Waals surface area contributed by atoms with Crippen LogP contribution in [0.5, 0.6) is 5.75 Å². The average Bonchev–Trinajstić information content (AvgIpc) is 2.02. The molecule has 0 bridgehead atoms. The van der Waals surface area contributed by atoms with E-state index >= 15 is 0 Å². The Morgan fingerprint density at radius 2 is 2.15 bits per heavy atom. The highest BCUT2D eigenvalue weighted by Gasteiger charge is 2.14. The van der Waals surface area contributed by atoms with E-state index in [0.29, 0.717) is 15.2 Å². The van der Waals surface area contributed by atoms with E-state index in [1.54, 1.807) is 6.07 Å². The first-order chi connectivity index (χ1) is 6.06. The SMILES string of the molecule is COc1c(Br)cc(Cl)cc1C(=O)Cl. The molecule has 0 saturated carbocycles. The van der Waals surface area contributed by atoms with E-state index in [1.807, 2.05) is 0 Å². The van der Waals surface area contributed by atoms with Gasteiger partial charge in [-0.3, -0.25) is 4.79 Å². The van der Waals surface area contributed by atoms with Gasteiger partial charge < -0.3 is 4.74 Å². The van der Waals surface area contributed by atoms with E-state index in [-0.39, 0.29) is 5.56 Å². The minimum atomic E-state index is -0.597. The van der Waals surface area contributed by atoms with Gasteiger partial charge >= 0.3 is 0 Å². The molecule has 0 atom stereocenters. The Morgan fingerprint density at radius 3 is 2.62 bits per heavy atom. The minimum Gasteiger partial charge on any atom is -0.495 e. The first-order valence-corrected chi connectivity index (χ1v) is 4.84. The van der Waals surface area contributed by atoms with Crippen molar-refractivity contribution in [1.82, 2.24) is 0 Å². The van der Waals surface area contributed by atoms with E-state index < -0.39 is 5.24 Å². The third kappa shape index (κ3) is 2.36. The van der Waals surface area contributed by atoms with Gasteiger partial charge in [-0.2, -0.15) is 0 Å². The van der Waals surface area contributed by atoms with Crippen LogP contribution in [0.1, 0.15) is 10.4 Å². The predicted molar refractivity (Wildman–Crippen MR) is 55.9 cm³/mol. The van der Waals surface area contributed by atoms with Crippen LogP contribution < -0.4 is 4.74 Å². The van der Waals surface area contributed by atoms with Gasteiger partial charge in [-0.25, -0.2) is 0 Å². The zero-order valence-corrected chi connectivity index (χ0v) is 9.70. The molecule has 5 heteroatoms. The molecule has 0 fully saturated rings. The van der Waals surface area contributed by atoms with Crippen molar-refractivity contribution in [3.05, 3.63) is 27.2 Å². The summed E-state index contributed by atoms with van der Waals surface area (Å²) in [7, 11) is 1.46. The molecular formula is C8H5BrCl2O2. The number of hydrogen-bond donors (Lipinski definition) is 0. The summed E-state index contributed by atoms with van der Waals surface area (Å²) in [6, 6.07) is 3.09. The molecule has 1 aromatic carbocycles. The zero-order chi connectivity index (χ0) is 10.0. The molecule has 0 aliphatic carbocycles. The van der Waals surface area contributed by atoms with Crippen LogP contribution in [0.15, 0.2) is 16.6 Å². The second kappa shape index (κ2) is 4.31. The van der Waals surface area contributed by atoms with E-state index in [9.17, 15) is 4.79 Å². The van der Waals surface area contributed by atoms with Gasteiger partial charge in [0.2, 0.25) is 0 Å². The van der Waals surface area contributed by atoms with Gasteiger partial charge in [-0.1, -0.05) is 11.6 Å². The van der Waals surface area contributed by atoms with Crippen molar-refractivity contribution >= 4 is 44.4 Å². The summed E-state index contributed by atoms with van der Waals surface area (Å²) in [5.41, 5.74) is 0.253. The third-order valence-electron chi connectivity index (χ3n) is 1.42. The Morgan fingerprint density at radius 1 is 1.54 bits per heavy atom. The molecule has 0 aromatic heterocycles. The molecule has 0 radical (unpaired) electrons. The van der Waals surface area contributed by atoms with Crippen molar-refractivity contribution in [1.29, 1.82) is 0 Å². The maximum atomic E-state index is 10.9. The highest BCUT2D eigenvalue weighted by molar-refractivity contribution is 9.10. The fourth-order valence-electron chi connectivity index (χ4n) is 0.914. The molecule has 0 aliphatic heterocycles. The summed E-state index contributed by atoms with van der Waals surface area (Å²) in [5, 5.41) is -0.170. The zero-order valence-electron chi connectivity index (χ0n) is 6.61. The lowest BCUT2D eigenvalue weighted by Gasteiger charge is -2.07. The molecule has 0 unspecified atom stereocenters. The summed E-state index contributed by atoms with van der Waals surface area (Å²) >= 11 is 14.3. The van der Waals surface area contributed by atoms with Gasteiger partial charge in [-0.05, 0) is 39.7 Å². The normalized spacial score (nSPS) is 9.85. The first kappa shape index (κ1) is 10.8. The Kier molecular flexibility index (Phi) is 3.59. The number of ether oxygens (including phenoxy) is 1. The summed E-state index contributed by atoms with van der Waals surface area (Å²) in [6.07, 6.45) is 0. The smallest absolute Gasteiger partial charge is 0.256 e. The molecule has 1 aromatic rings. The average molecular weight is 284 g/mol. The van der Waals surface area contributed by atoms with Crippen LogP contribution in [0.25, 0.3) is 0 Å². The van der Waals surface area contributed by atoms with Crippen LogP contribution in [0.4, 0.5) is 0 Å². The van der Waals surface area contributed by atoms with E-state index in [4.69, 9.17) is 27.9 Å². The Labute approximate surface area is 93.9 Å². The van der Waals surface area contributed by atoms with Crippen LogP contribution >= 0.6 is 39.1 Å². The molecule has 0 aliphatic rings. The van der Waals surface area contributed by atoms with E-state index in [2.05, 4.69) is 15.9 Å².